The fraction of sp³-hybridized carbons (Fsp3) is 0.148. The number of carboxylic acids is 1. The molecule has 0 aliphatic carbocycles. The molecule has 0 fully saturated rings. The van der Waals surface area contributed by atoms with Crippen molar-refractivity contribution < 1.29 is 24.1 Å². The van der Waals surface area contributed by atoms with Crippen LogP contribution < -0.4 is 4.74 Å². The summed E-state index contributed by atoms with van der Waals surface area (Å²) < 4.78 is 19.4. The molecule has 0 amide bonds. The average Bonchev–Trinajstić information content (AvgIpc) is 2.77. The molecule has 2 N–H and O–H groups in total. The second-order valence-corrected chi connectivity index (χ2v) is 7.67. The van der Waals surface area contributed by atoms with Crippen molar-refractivity contribution in [3.63, 3.8) is 0 Å². The summed E-state index contributed by atoms with van der Waals surface area (Å²) in [7, 11) is 0. The number of ether oxygens (including phenoxy) is 1. The van der Waals surface area contributed by atoms with Crippen molar-refractivity contribution in [2.24, 2.45) is 0 Å². The molecule has 0 aromatic heterocycles. The number of allylic oxidation sites excluding steroid dienone is 2. The third-order valence-electron chi connectivity index (χ3n) is 5.05. The van der Waals surface area contributed by atoms with Gasteiger partial charge in [-0.15, -0.1) is 0 Å². The van der Waals surface area contributed by atoms with Gasteiger partial charge in [-0.25, -0.2) is 9.18 Å². The highest BCUT2D eigenvalue weighted by Crippen LogP contribution is 2.39. The van der Waals surface area contributed by atoms with Gasteiger partial charge >= 0.3 is 5.97 Å². The maximum absolute atomic E-state index is 13.4. The number of phenols is 1. The quantitative estimate of drug-likeness (QED) is 0.406. The minimum absolute atomic E-state index is 0.214. The molecule has 32 heavy (non-hydrogen) atoms. The Labute approximate surface area is 186 Å². The van der Waals surface area contributed by atoms with Gasteiger partial charge < -0.3 is 14.9 Å². The SMILES string of the molecule is C=C(c1ccc(F)cc1)c1cc(OCc2ccccc2)c(CC=C(C)C)c(O)c1C(=O)O. The fourth-order valence-electron chi connectivity index (χ4n) is 3.31. The molecule has 0 spiro atoms. The summed E-state index contributed by atoms with van der Waals surface area (Å²) in [4.78, 5) is 12.1. The zero-order chi connectivity index (χ0) is 23.3. The Balaban J connectivity index is 2.13. The number of hydrogen-bond acceptors (Lipinski definition) is 3. The van der Waals surface area contributed by atoms with Gasteiger partial charge in [0.25, 0.3) is 0 Å². The molecule has 3 aromatic carbocycles. The van der Waals surface area contributed by atoms with E-state index in [1.165, 1.54) is 24.3 Å². The smallest absolute Gasteiger partial charge is 0.340 e. The highest BCUT2D eigenvalue weighted by Gasteiger charge is 2.25. The molecule has 0 heterocycles. The van der Waals surface area contributed by atoms with Crippen LogP contribution in [0.15, 0.2) is 78.9 Å². The molecular weight excluding hydrogens is 407 g/mol. The van der Waals surface area contributed by atoms with Crippen LogP contribution in [0.25, 0.3) is 5.57 Å². The molecule has 5 heteroatoms. The number of rotatable bonds is 8. The largest absolute Gasteiger partial charge is 0.507 e. The van der Waals surface area contributed by atoms with E-state index in [-0.39, 0.29) is 23.5 Å². The third-order valence-corrected chi connectivity index (χ3v) is 5.05. The summed E-state index contributed by atoms with van der Waals surface area (Å²) in [6.45, 7) is 8.10. The van der Waals surface area contributed by atoms with Gasteiger partial charge in [0.2, 0.25) is 0 Å². The lowest BCUT2D eigenvalue weighted by Crippen LogP contribution is -2.08. The first-order chi connectivity index (χ1) is 15.3. The Kier molecular flexibility index (Phi) is 7.11. The lowest BCUT2D eigenvalue weighted by molar-refractivity contribution is 0.0693. The number of halogens is 1. The van der Waals surface area contributed by atoms with Crippen LogP contribution in [0.2, 0.25) is 0 Å². The number of carboxylic acid groups (broad SMARTS) is 1. The summed E-state index contributed by atoms with van der Waals surface area (Å²) in [5, 5.41) is 20.8. The Bertz CT molecular complexity index is 1160. The molecule has 0 aliphatic heterocycles. The summed E-state index contributed by atoms with van der Waals surface area (Å²) in [5.74, 6) is -1.69. The summed E-state index contributed by atoms with van der Waals surface area (Å²) >= 11 is 0. The zero-order valence-corrected chi connectivity index (χ0v) is 18.1. The molecule has 4 nitrogen and oxygen atoms in total. The summed E-state index contributed by atoms with van der Waals surface area (Å²) in [6, 6.07) is 16.7. The van der Waals surface area contributed by atoms with Crippen molar-refractivity contribution in [3.8, 4) is 11.5 Å². The van der Waals surface area contributed by atoms with E-state index in [0.29, 0.717) is 28.9 Å². The number of hydrogen-bond donors (Lipinski definition) is 2. The minimum Gasteiger partial charge on any atom is -0.507 e. The molecule has 0 bridgehead atoms. The summed E-state index contributed by atoms with van der Waals surface area (Å²) in [6.07, 6.45) is 2.20. The van der Waals surface area contributed by atoms with Crippen LogP contribution in [-0.4, -0.2) is 16.2 Å². The van der Waals surface area contributed by atoms with E-state index in [9.17, 15) is 19.4 Å². The predicted octanol–water partition coefficient (Wildman–Crippen LogP) is 6.38. The molecule has 164 valence electrons. The second-order valence-electron chi connectivity index (χ2n) is 7.67. The van der Waals surface area contributed by atoms with Gasteiger partial charge in [0.1, 0.15) is 29.5 Å². The van der Waals surface area contributed by atoms with E-state index in [1.807, 2.05) is 50.3 Å². The predicted molar refractivity (Wildman–Crippen MR) is 124 cm³/mol. The first kappa shape index (κ1) is 22.8. The van der Waals surface area contributed by atoms with Gasteiger partial charge in [-0.1, -0.05) is 60.7 Å². The van der Waals surface area contributed by atoms with E-state index in [2.05, 4.69) is 6.58 Å². The normalized spacial score (nSPS) is 10.5. The summed E-state index contributed by atoms with van der Waals surface area (Å²) in [5.41, 5.74) is 3.18. The molecule has 0 aliphatic rings. The minimum atomic E-state index is -1.28. The maximum atomic E-state index is 13.4. The zero-order valence-electron chi connectivity index (χ0n) is 18.1. The number of aromatic carboxylic acids is 1. The first-order valence-corrected chi connectivity index (χ1v) is 10.2. The van der Waals surface area contributed by atoms with Gasteiger partial charge in [-0.3, -0.25) is 0 Å². The first-order valence-electron chi connectivity index (χ1n) is 10.2. The molecule has 0 atom stereocenters. The number of carbonyl (C=O) groups is 1. The van der Waals surface area contributed by atoms with Crippen LogP contribution in [0.4, 0.5) is 4.39 Å². The van der Waals surface area contributed by atoms with E-state index in [0.717, 1.165) is 11.1 Å². The topological polar surface area (TPSA) is 66.8 Å². The maximum Gasteiger partial charge on any atom is 0.340 e. The van der Waals surface area contributed by atoms with Gasteiger partial charge in [0.15, 0.2) is 0 Å². The Morgan fingerprint density at radius 2 is 1.75 bits per heavy atom. The van der Waals surface area contributed by atoms with Gasteiger partial charge in [0.05, 0.1) is 0 Å². The molecule has 3 aromatic rings. The molecule has 0 saturated carbocycles. The van der Waals surface area contributed by atoms with Crippen LogP contribution in [0.3, 0.4) is 0 Å². The van der Waals surface area contributed by atoms with Crippen LogP contribution in [-0.2, 0) is 13.0 Å². The van der Waals surface area contributed by atoms with E-state index in [1.54, 1.807) is 6.07 Å². The van der Waals surface area contributed by atoms with E-state index >= 15 is 0 Å². The standard InChI is InChI=1S/C27H25FO4/c1-17(2)9-14-22-24(32-16-19-7-5-4-6-8-19)15-23(25(26(22)29)27(30)31)18(3)20-10-12-21(28)13-11-20/h4-13,15,29H,3,14,16H2,1-2H3,(H,30,31). The highest BCUT2D eigenvalue weighted by atomic mass is 19.1. The van der Waals surface area contributed by atoms with E-state index in [4.69, 9.17) is 4.74 Å². The lowest BCUT2D eigenvalue weighted by Gasteiger charge is -2.19. The number of aromatic hydroxyl groups is 1. The van der Waals surface area contributed by atoms with Crippen LogP contribution >= 0.6 is 0 Å². The third kappa shape index (κ3) is 5.24. The van der Waals surface area contributed by atoms with Crippen molar-refractivity contribution in [1.29, 1.82) is 0 Å². The van der Waals surface area contributed by atoms with Crippen molar-refractivity contribution >= 4 is 11.5 Å². The average molecular weight is 432 g/mol. The van der Waals surface area contributed by atoms with Crippen molar-refractivity contribution in [2.75, 3.05) is 0 Å². The van der Waals surface area contributed by atoms with Crippen molar-refractivity contribution in [3.05, 3.63) is 113 Å². The van der Waals surface area contributed by atoms with Crippen molar-refractivity contribution in [2.45, 2.75) is 26.9 Å². The molecule has 3 rings (SSSR count). The molecular formula is C27H25FO4. The second kappa shape index (κ2) is 9.96. The Morgan fingerprint density at radius 1 is 1.09 bits per heavy atom. The number of benzene rings is 3. The van der Waals surface area contributed by atoms with Crippen LogP contribution in [0.1, 0.15) is 46.5 Å². The molecule has 0 unspecified atom stereocenters. The van der Waals surface area contributed by atoms with Gasteiger partial charge in [0, 0.05) is 11.1 Å². The monoisotopic (exact) mass is 432 g/mol. The van der Waals surface area contributed by atoms with E-state index < -0.39 is 11.8 Å². The van der Waals surface area contributed by atoms with Gasteiger partial charge in [-0.2, -0.15) is 0 Å². The Morgan fingerprint density at radius 3 is 2.34 bits per heavy atom. The fourth-order valence-corrected chi connectivity index (χ4v) is 3.31. The molecule has 0 radical (unpaired) electrons. The van der Waals surface area contributed by atoms with Crippen molar-refractivity contribution in [1.82, 2.24) is 0 Å². The van der Waals surface area contributed by atoms with Crippen LogP contribution in [0.5, 0.6) is 11.5 Å². The Hall–Kier alpha value is -3.86. The lowest BCUT2D eigenvalue weighted by atomic mass is 9.91. The van der Waals surface area contributed by atoms with Gasteiger partial charge in [-0.05, 0) is 55.2 Å². The highest BCUT2D eigenvalue weighted by molar-refractivity contribution is 6.00. The van der Waals surface area contributed by atoms with Crippen LogP contribution in [0, 0.1) is 5.82 Å². The molecule has 0 saturated heterocycles.